The maximum atomic E-state index is 13.5. The fourth-order valence-electron chi connectivity index (χ4n) is 4.97. The molecule has 0 amide bonds. The fourth-order valence-corrected chi connectivity index (χ4v) is 4.97. The number of nitrogens with zero attached hydrogens (tertiary/aromatic N) is 3. The second-order valence-electron chi connectivity index (χ2n) is 8.17. The Hall–Kier alpha value is -2.80. The van der Waals surface area contributed by atoms with Crippen LogP contribution in [0.2, 0.25) is 0 Å². The van der Waals surface area contributed by atoms with E-state index < -0.39 is 5.72 Å². The second kappa shape index (κ2) is 7.47. The van der Waals surface area contributed by atoms with Crippen molar-refractivity contribution < 1.29 is 18.7 Å². The first kappa shape index (κ1) is 19.2. The first-order valence-corrected chi connectivity index (χ1v) is 10.4. The molecule has 0 aromatic heterocycles. The molecule has 7 heteroatoms. The first-order chi connectivity index (χ1) is 14.6. The Labute approximate surface area is 175 Å². The van der Waals surface area contributed by atoms with Gasteiger partial charge in [0.15, 0.2) is 5.84 Å². The lowest BCUT2D eigenvalue weighted by molar-refractivity contribution is -0.198. The number of oxime groups is 1. The van der Waals surface area contributed by atoms with E-state index >= 15 is 0 Å². The summed E-state index contributed by atoms with van der Waals surface area (Å²) in [4.78, 5) is 10.9. The van der Waals surface area contributed by atoms with Gasteiger partial charge in [0.25, 0.3) is 0 Å². The lowest BCUT2D eigenvalue weighted by Crippen LogP contribution is -2.66. The normalized spacial score (nSPS) is 27.2. The highest BCUT2D eigenvalue weighted by Crippen LogP contribution is 2.45. The minimum Gasteiger partial charge on any atom is -0.497 e. The second-order valence-corrected chi connectivity index (χ2v) is 8.17. The summed E-state index contributed by atoms with van der Waals surface area (Å²) in [5, 5.41) is 4.53. The van der Waals surface area contributed by atoms with E-state index in [4.69, 9.17) is 14.3 Å². The van der Waals surface area contributed by atoms with Gasteiger partial charge in [-0.3, -0.25) is 4.90 Å². The van der Waals surface area contributed by atoms with E-state index in [1.807, 2.05) is 18.2 Å². The molecule has 4 heterocycles. The molecule has 3 fully saturated rings. The van der Waals surface area contributed by atoms with Crippen LogP contribution in [0, 0.1) is 11.7 Å². The van der Waals surface area contributed by atoms with E-state index in [1.54, 1.807) is 26.4 Å². The van der Waals surface area contributed by atoms with E-state index in [1.165, 1.54) is 12.1 Å². The topological polar surface area (TPSA) is 46.5 Å². The first-order valence-electron chi connectivity index (χ1n) is 10.4. The average molecular weight is 411 g/mol. The SMILES string of the molecule is COc1ccc(CN2C(c3ccc(F)cc3)=NOC23CN2CCC3CC2)c(OC)c1. The van der Waals surface area contributed by atoms with Gasteiger partial charge in [0, 0.05) is 23.1 Å². The van der Waals surface area contributed by atoms with Crippen LogP contribution in [-0.2, 0) is 11.4 Å². The standard InChI is InChI=1S/C23H26FN3O3/c1-28-20-8-5-17(21(13-20)29-2)14-27-22(16-3-6-19(24)7-4-16)25-30-23(27)15-26-11-9-18(23)10-12-26/h3-8,13,18H,9-12,14-15H2,1-2H3. The number of methoxy groups -OCH3 is 2. The number of hydrogen-bond donors (Lipinski definition) is 0. The molecular weight excluding hydrogens is 385 g/mol. The Morgan fingerprint density at radius 1 is 1.10 bits per heavy atom. The number of hydrogen-bond acceptors (Lipinski definition) is 6. The number of amidine groups is 1. The highest BCUT2D eigenvalue weighted by molar-refractivity contribution is 5.99. The molecule has 6 nitrogen and oxygen atoms in total. The third-order valence-corrected chi connectivity index (χ3v) is 6.60. The van der Waals surface area contributed by atoms with Crippen LogP contribution in [0.5, 0.6) is 11.5 Å². The fraction of sp³-hybridized carbons (Fsp3) is 0.435. The summed E-state index contributed by atoms with van der Waals surface area (Å²) in [5.41, 5.74) is 1.36. The molecule has 3 saturated heterocycles. The molecule has 0 N–H and O–H groups in total. The predicted octanol–water partition coefficient (Wildman–Crippen LogP) is 3.46. The summed E-state index contributed by atoms with van der Waals surface area (Å²) in [5.74, 6) is 2.38. The molecule has 2 bridgehead atoms. The van der Waals surface area contributed by atoms with Crippen molar-refractivity contribution >= 4 is 5.84 Å². The lowest BCUT2D eigenvalue weighted by Gasteiger charge is -2.53. The van der Waals surface area contributed by atoms with Crippen molar-refractivity contribution in [3.63, 3.8) is 0 Å². The third-order valence-electron chi connectivity index (χ3n) is 6.60. The molecule has 1 spiro atoms. The Bertz CT molecular complexity index is 957. The quantitative estimate of drug-likeness (QED) is 0.754. The molecule has 0 saturated carbocycles. The van der Waals surface area contributed by atoms with Gasteiger partial charge in [-0.15, -0.1) is 0 Å². The maximum absolute atomic E-state index is 13.5. The summed E-state index contributed by atoms with van der Waals surface area (Å²) >= 11 is 0. The monoisotopic (exact) mass is 411 g/mol. The van der Waals surface area contributed by atoms with Crippen LogP contribution in [0.1, 0.15) is 24.0 Å². The Kier molecular flexibility index (Phi) is 4.77. The summed E-state index contributed by atoms with van der Waals surface area (Å²) < 4.78 is 24.5. The Morgan fingerprint density at radius 3 is 2.50 bits per heavy atom. The number of fused-ring (bicyclic) bond motifs is 2. The number of rotatable bonds is 5. The van der Waals surface area contributed by atoms with Crippen molar-refractivity contribution in [2.75, 3.05) is 33.9 Å². The molecular formula is C23H26FN3O3. The largest absolute Gasteiger partial charge is 0.497 e. The minimum atomic E-state index is -0.509. The predicted molar refractivity (Wildman–Crippen MR) is 111 cm³/mol. The lowest BCUT2D eigenvalue weighted by atomic mass is 9.79. The van der Waals surface area contributed by atoms with E-state index in [9.17, 15) is 4.39 Å². The highest BCUT2D eigenvalue weighted by atomic mass is 19.1. The zero-order valence-electron chi connectivity index (χ0n) is 17.3. The van der Waals surface area contributed by atoms with Gasteiger partial charge in [-0.05, 0) is 62.3 Å². The number of piperidine rings is 3. The molecule has 4 aliphatic rings. The number of ether oxygens (including phenoxy) is 2. The van der Waals surface area contributed by atoms with E-state index in [-0.39, 0.29) is 5.82 Å². The molecule has 158 valence electrons. The molecule has 30 heavy (non-hydrogen) atoms. The van der Waals surface area contributed by atoms with Crippen LogP contribution in [0.15, 0.2) is 47.6 Å². The van der Waals surface area contributed by atoms with Crippen molar-refractivity contribution in [3.8, 4) is 11.5 Å². The van der Waals surface area contributed by atoms with Gasteiger partial charge in [-0.2, -0.15) is 0 Å². The van der Waals surface area contributed by atoms with Crippen LogP contribution < -0.4 is 9.47 Å². The zero-order chi connectivity index (χ0) is 20.7. The average Bonchev–Trinajstić information content (AvgIpc) is 3.12. The van der Waals surface area contributed by atoms with Gasteiger partial charge in [-0.25, -0.2) is 4.39 Å². The van der Waals surface area contributed by atoms with E-state index in [0.717, 1.165) is 60.9 Å². The van der Waals surface area contributed by atoms with Crippen molar-refractivity contribution in [2.24, 2.45) is 11.1 Å². The van der Waals surface area contributed by atoms with Crippen LogP contribution in [0.4, 0.5) is 4.39 Å². The summed E-state index contributed by atoms with van der Waals surface area (Å²) in [6.45, 7) is 3.58. The van der Waals surface area contributed by atoms with Gasteiger partial charge in [0.2, 0.25) is 5.72 Å². The minimum absolute atomic E-state index is 0.265. The van der Waals surface area contributed by atoms with Crippen LogP contribution in [0.3, 0.4) is 0 Å². The van der Waals surface area contributed by atoms with Crippen LogP contribution in [-0.4, -0.2) is 55.2 Å². The van der Waals surface area contributed by atoms with E-state index in [0.29, 0.717) is 12.5 Å². The van der Waals surface area contributed by atoms with E-state index in [2.05, 4.69) is 15.0 Å². The van der Waals surface area contributed by atoms with Gasteiger partial charge in [0.05, 0.1) is 27.3 Å². The van der Waals surface area contributed by atoms with Gasteiger partial charge < -0.3 is 19.2 Å². The zero-order valence-corrected chi connectivity index (χ0v) is 17.3. The molecule has 0 aliphatic carbocycles. The Morgan fingerprint density at radius 2 is 1.87 bits per heavy atom. The van der Waals surface area contributed by atoms with Crippen molar-refractivity contribution in [2.45, 2.75) is 25.1 Å². The number of halogens is 1. The molecule has 1 atom stereocenters. The highest BCUT2D eigenvalue weighted by Gasteiger charge is 2.57. The molecule has 1 unspecified atom stereocenters. The summed E-state index contributed by atoms with van der Waals surface area (Å²) in [6.07, 6.45) is 2.17. The maximum Gasteiger partial charge on any atom is 0.227 e. The smallest absolute Gasteiger partial charge is 0.227 e. The molecule has 2 aromatic rings. The molecule has 2 aromatic carbocycles. The Balaban J connectivity index is 1.54. The molecule has 0 radical (unpaired) electrons. The van der Waals surface area contributed by atoms with Crippen molar-refractivity contribution in [1.82, 2.24) is 9.80 Å². The van der Waals surface area contributed by atoms with Crippen molar-refractivity contribution in [1.29, 1.82) is 0 Å². The van der Waals surface area contributed by atoms with Gasteiger partial charge in [-0.1, -0.05) is 5.16 Å². The van der Waals surface area contributed by atoms with Gasteiger partial charge in [0.1, 0.15) is 17.3 Å². The number of benzene rings is 2. The van der Waals surface area contributed by atoms with Gasteiger partial charge >= 0.3 is 0 Å². The molecule has 4 aliphatic heterocycles. The van der Waals surface area contributed by atoms with Crippen molar-refractivity contribution in [3.05, 3.63) is 59.4 Å². The molecule has 6 rings (SSSR count). The van der Waals surface area contributed by atoms with Crippen LogP contribution in [0.25, 0.3) is 0 Å². The summed E-state index contributed by atoms with van der Waals surface area (Å²) in [6, 6.07) is 12.3. The summed E-state index contributed by atoms with van der Waals surface area (Å²) in [7, 11) is 3.31. The third kappa shape index (κ3) is 3.08. The van der Waals surface area contributed by atoms with Crippen LogP contribution >= 0.6 is 0 Å².